The fourth-order valence-corrected chi connectivity index (χ4v) is 4.11. The van der Waals surface area contributed by atoms with E-state index in [2.05, 4.69) is 35.2 Å². The van der Waals surface area contributed by atoms with Crippen molar-refractivity contribution < 1.29 is 0 Å². The molecule has 0 unspecified atom stereocenters. The molecule has 0 amide bonds. The maximum atomic E-state index is 4.78. The van der Waals surface area contributed by atoms with Crippen LogP contribution in [-0.4, -0.2) is 24.9 Å². The minimum Gasteiger partial charge on any atom is -0.340 e. The zero-order chi connectivity index (χ0) is 19.8. The summed E-state index contributed by atoms with van der Waals surface area (Å²) in [6.07, 6.45) is 7.02. The number of aromatic nitrogens is 5. The fourth-order valence-electron chi connectivity index (χ4n) is 3.10. The molecule has 0 bridgehead atoms. The second kappa shape index (κ2) is 7.18. The second-order valence-electron chi connectivity index (χ2n) is 7.04. The Bertz CT molecular complexity index is 1310. The van der Waals surface area contributed by atoms with E-state index in [1.807, 2.05) is 30.3 Å². The van der Waals surface area contributed by atoms with Crippen LogP contribution in [0.2, 0.25) is 0 Å². The molecule has 0 saturated heterocycles. The van der Waals surface area contributed by atoms with E-state index in [0.717, 1.165) is 43.2 Å². The van der Waals surface area contributed by atoms with E-state index >= 15 is 0 Å². The minimum absolute atomic E-state index is 0.420. The lowest BCUT2D eigenvalue weighted by Crippen LogP contribution is -1.99. The maximum absolute atomic E-state index is 4.78. The van der Waals surface area contributed by atoms with Crippen molar-refractivity contribution in [1.29, 1.82) is 0 Å². The first-order valence-corrected chi connectivity index (χ1v) is 10.2. The van der Waals surface area contributed by atoms with Gasteiger partial charge >= 0.3 is 0 Å². The molecule has 0 atom stereocenters. The van der Waals surface area contributed by atoms with Gasteiger partial charge < -0.3 is 5.32 Å². The van der Waals surface area contributed by atoms with Crippen LogP contribution >= 0.6 is 11.3 Å². The summed E-state index contributed by atoms with van der Waals surface area (Å²) >= 11 is 1.73. The summed E-state index contributed by atoms with van der Waals surface area (Å²) < 4.78 is 1.16. The molecule has 0 aliphatic carbocycles. The number of fused-ring (bicyclic) bond motifs is 2. The first kappa shape index (κ1) is 17.6. The molecule has 1 N–H and O–H groups in total. The standard InChI is InChI=1S/C22H18N6S/c1-13(2)22-27-18-4-3-15(11-19(18)29-22)25-21-16-12-24-10-7-17(16)26-20(28-21)14-5-8-23-9-6-14/h3-13H,1-2H3,(H,25,26,28). The van der Waals surface area contributed by atoms with Crippen molar-refractivity contribution in [3.05, 3.63) is 66.2 Å². The molecule has 0 radical (unpaired) electrons. The lowest BCUT2D eigenvalue weighted by atomic mass is 10.2. The van der Waals surface area contributed by atoms with Crippen molar-refractivity contribution >= 4 is 44.0 Å². The van der Waals surface area contributed by atoms with E-state index in [9.17, 15) is 0 Å². The van der Waals surface area contributed by atoms with Crippen LogP contribution < -0.4 is 5.32 Å². The molecule has 29 heavy (non-hydrogen) atoms. The molecule has 0 fully saturated rings. The van der Waals surface area contributed by atoms with E-state index in [-0.39, 0.29) is 0 Å². The Kier molecular flexibility index (Phi) is 4.37. The Morgan fingerprint density at radius 1 is 0.862 bits per heavy atom. The molecular weight excluding hydrogens is 380 g/mol. The van der Waals surface area contributed by atoms with Crippen LogP contribution in [0, 0.1) is 0 Å². The van der Waals surface area contributed by atoms with Crippen molar-refractivity contribution in [2.24, 2.45) is 0 Å². The van der Waals surface area contributed by atoms with Gasteiger partial charge in [-0.15, -0.1) is 11.3 Å². The minimum atomic E-state index is 0.420. The Balaban J connectivity index is 1.60. The predicted molar refractivity (Wildman–Crippen MR) is 118 cm³/mol. The van der Waals surface area contributed by atoms with Crippen LogP contribution in [0.25, 0.3) is 32.5 Å². The Morgan fingerprint density at radius 2 is 1.69 bits per heavy atom. The molecule has 4 heterocycles. The third-order valence-electron chi connectivity index (χ3n) is 4.60. The molecule has 0 aliphatic rings. The molecule has 5 rings (SSSR count). The quantitative estimate of drug-likeness (QED) is 0.427. The first-order chi connectivity index (χ1) is 14.2. The van der Waals surface area contributed by atoms with Crippen molar-refractivity contribution in [3.63, 3.8) is 0 Å². The van der Waals surface area contributed by atoms with Crippen LogP contribution in [-0.2, 0) is 0 Å². The lowest BCUT2D eigenvalue weighted by Gasteiger charge is -2.11. The lowest BCUT2D eigenvalue weighted by molar-refractivity contribution is 0.857. The van der Waals surface area contributed by atoms with E-state index < -0.39 is 0 Å². The number of thiazole rings is 1. The van der Waals surface area contributed by atoms with Crippen molar-refractivity contribution in [2.45, 2.75) is 19.8 Å². The Hall–Kier alpha value is -3.45. The predicted octanol–water partition coefficient (Wildman–Crippen LogP) is 5.56. The number of hydrogen-bond donors (Lipinski definition) is 1. The summed E-state index contributed by atoms with van der Waals surface area (Å²) in [4.78, 5) is 22.5. The molecule has 7 heteroatoms. The molecule has 4 aromatic heterocycles. The van der Waals surface area contributed by atoms with Crippen molar-refractivity contribution in [1.82, 2.24) is 24.9 Å². The Morgan fingerprint density at radius 3 is 2.52 bits per heavy atom. The zero-order valence-electron chi connectivity index (χ0n) is 16.0. The average molecular weight is 398 g/mol. The molecule has 0 aliphatic heterocycles. The van der Waals surface area contributed by atoms with E-state index in [0.29, 0.717) is 11.7 Å². The number of benzene rings is 1. The normalized spacial score (nSPS) is 11.4. The molecule has 1 aromatic carbocycles. The average Bonchev–Trinajstić information content (AvgIpc) is 3.18. The molecule has 6 nitrogen and oxygen atoms in total. The highest BCUT2D eigenvalue weighted by Crippen LogP contribution is 2.31. The van der Waals surface area contributed by atoms with Crippen LogP contribution in [0.5, 0.6) is 0 Å². The monoisotopic (exact) mass is 398 g/mol. The van der Waals surface area contributed by atoms with Gasteiger partial charge in [0, 0.05) is 42.0 Å². The summed E-state index contributed by atoms with van der Waals surface area (Å²) in [7, 11) is 0. The second-order valence-corrected chi connectivity index (χ2v) is 8.10. The van der Waals surface area contributed by atoms with Crippen molar-refractivity contribution in [3.8, 4) is 11.4 Å². The van der Waals surface area contributed by atoms with E-state index in [1.54, 1.807) is 36.1 Å². The largest absolute Gasteiger partial charge is 0.340 e. The van der Waals surface area contributed by atoms with Gasteiger partial charge in [0.05, 0.1) is 26.1 Å². The molecule has 0 spiro atoms. The van der Waals surface area contributed by atoms with Crippen molar-refractivity contribution in [2.75, 3.05) is 5.32 Å². The summed E-state index contributed by atoms with van der Waals surface area (Å²) in [5.41, 5.74) is 3.74. The highest BCUT2D eigenvalue weighted by atomic mass is 32.1. The van der Waals surface area contributed by atoms with Crippen LogP contribution in [0.4, 0.5) is 11.5 Å². The summed E-state index contributed by atoms with van der Waals surface area (Å²) in [5.74, 6) is 1.79. The van der Waals surface area contributed by atoms with E-state index in [1.165, 1.54) is 0 Å². The van der Waals surface area contributed by atoms with Gasteiger partial charge in [-0.3, -0.25) is 9.97 Å². The zero-order valence-corrected chi connectivity index (χ0v) is 16.8. The number of nitrogens with zero attached hydrogens (tertiary/aromatic N) is 5. The van der Waals surface area contributed by atoms with Crippen LogP contribution in [0.1, 0.15) is 24.8 Å². The van der Waals surface area contributed by atoms with Gasteiger partial charge in [-0.1, -0.05) is 13.8 Å². The smallest absolute Gasteiger partial charge is 0.162 e. The van der Waals surface area contributed by atoms with E-state index in [4.69, 9.17) is 15.0 Å². The summed E-state index contributed by atoms with van der Waals surface area (Å²) in [6.45, 7) is 4.33. The highest BCUT2D eigenvalue weighted by molar-refractivity contribution is 7.18. The third kappa shape index (κ3) is 3.40. The number of pyridine rings is 2. The topological polar surface area (TPSA) is 76.5 Å². The van der Waals surface area contributed by atoms with Gasteiger partial charge in [-0.05, 0) is 36.4 Å². The van der Waals surface area contributed by atoms with Gasteiger partial charge in [0.15, 0.2) is 5.82 Å². The first-order valence-electron chi connectivity index (χ1n) is 9.37. The number of hydrogen-bond acceptors (Lipinski definition) is 7. The van der Waals surface area contributed by atoms with Gasteiger partial charge in [0.1, 0.15) is 5.82 Å². The fraction of sp³-hybridized carbons (Fsp3) is 0.136. The highest BCUT2D eigenvalue weighted by Gasteiger charge is 2.12. The van der Waals surface area contributed by atoms with Gasteiger partial charge in [-0.25, -0.2) is 15.0 Å². The number of anilines is 2. The molecule has 5 aromatic rings. The molecular formula is C22H18N6S. The van der Waals surface area contributed by atoms with Crippen LogP contribution in [0.3, 0.4) is 0 Å². The van der Waals surface area contributed by atoms with Gasteiger partial charge in [0.2, 0.25) is 0 Å². The summed E-state index contributed by atoms with van der Waals surface area (Å²) in [5, 5.41) is 5.48. The van der Waals surface area contributed by atoms with Gasteiger partial charge in [0.25, 0.3) is 0 Å². The number of nitrogens with one attached hydrogen (secondary N) is 1. The maximum Gasteiger partial charge on any atom is 0.162 e. The Labute approximate surface area is 171 Å². The SMILES string of the molecule is CC(C)c1nc2ccc(Nc3nc(-c4ccncc4)nc4ccncc34)cc2s1. The molecule has 0 saturated carbocycles. The third-order valence-corrected chi connectivity index (χ3v) is 5.92. The number of rotatable bonds is 4. The van der Waals surface area contributed by atoms with Gasteiger partial charge in [-0.2, -0.15) is 0 Å². The molecule has 142 valence electrons. The van der Waals surface area contributed by atoms with Crippen LogP contribution in [0.15, 0.2) is 61.2 Å². The summed E-state index contributed by atoms with van der Waals surface area (Å²) in [6, 6.07) is 11.9.